The van der Waals surface area contributed by atoms with Gasteiger partial charge in [0, 0.05) is 15.6 Å². The molecule has 5 rings (SSSR count). The van der Waals surface area contributed by atoms with Crippen LogP contribution in [0, 0.1) is 0 Å². The number of hydrogen-bond acceptors (Lipinski definition) is 22. The van der Waals surface area contributed by atoms with Crippen molar-refractivity contribution >= 4 is 151 Å². The van der Waals surface area contributed by atoms with Crippen molar-refractivity contribution in [3.63, 3.8) is 0 Å². The van der Waals surface area contributed by atoms with Crippen LogP contribution >= 0.6 is 81.3 Å². The first-order chi connectivity index (χ1) is 31.3. The first-order valence-electron chi connectivity index (χ1n) is 16.5. The second kappa shape index (κ2) is 31.8. The van der Waals surface area contributed by atoms with Gasteiger partial charge in [0.2, 0.25) is 0 Å². The summed E-state index contributed by atoms with van der Waals surface area (Å²) in [6.45, 7) is 0. The van der Waals surface area contributed by atoms with Crippen molar-refractivity contribution in [3.8, 4) is 28.7 Å². The minimum absolute atomic E-state index is 0. The van der Waals surface area contributed by atoms with Gasteiger partial charge in [-0.3, -0.25) is 9.11 Å². The predicted octanol–water partition coefficient (Wildman–Crippen LogP) is 0.506. The summed E-state index contributed by atoms with van der Waals surface area (Å²) < 4.78 is 195. The van der Waals surface area contributed by atoms with Gasteiger partial charge in [0.1, 0.15) is 31.7 Å². The van der Waals surface area contributed by atoms with E-state index in [4.69, 9.17) is 96.4 Å². The third kappa shape index (κ3) is 35.1. The van der Waals surface area contributed by atoms with Crippen molar-refractivity contribution in [3.05, 3.63) is 122 Å². The quantitative estimate of drug-likeness (QED) is 0.0441. The summed E-state index contributed by atoms with van der Waals surface area (Å²) in [6.07, 6.45) is 2.61. The number of phenols is 2. The van der Waals surface area contributed by atoms with Crippen LogP contribution in [0.1, 0.15) is 0 Å². The maximum absolute atomic E-state index is 10.9. The van der Waals surface area contributed by atoms with E-state index in [0.717, 1.165) is 73.4 Å². The Hall–Kier alpha value is -1.32. The summed E-state index contributed by atoms with van der Waals surface area (Å²) in [5.74, 6) is -0.412. The zero-order valence-corrected chi connectivity index (χ0v) is 51.5. The molecule has 0 heterocycles. The average molecular weight is 1310 g/mol. The topological polar surface area (TPSA) is 394 Å². The van der Waals surface area contributed by atoms with Gasteiger partial charge in [-0.05, 0) is 84.9 Å². The number of para-hydroxylation sites is 1. The van der Waals surface area contributed by atoms with Gasteiger partial charge in [-0.1, -0.05) is 70.1 Å². The Kier molecular flexibility index (Phi) is 33.1. The van der Waals surface area contributed by atoms with E-state index in [9.17, 15) is 59.6 Å². The molecule has 23 nitrogen and oxygen atoms in total. The fourth-order valence-corrected chi connectivity index (χ4v) is 8.32. The SMILES string of the molecule is CS(=O)(=O)Oc1ccc(S(=O)(=O)Cl)cc1Cl.CS(=O)(=O)Oc1ccc(S(=O)(=O)[O-])cc1Cl.CS(=O)(=O)Oc1ccc(S)cc1Cl.O=S(=O)(O)O.O=S(=O)([O-])c1ccc(O)c(Cl)c1.Oc1ccccc1Cl.[Na+].[Na+]. The number of thiol groups is 1. The predicted molar refractivity (Wildman–Crippen MR) is 257 cm³/mol. The average Bonchev–Trinajstić information content (AvgIpc) is 3.14. The summed E-state index contributed by atoms with van der Waals surface area (Å²) in [4.78, 5) is -0.602. The molecule has 0 amide bonds. The van der Waals surface area contributed by atoms with Crippen LogP contribution in [0.25, 0.3) is 0 Å². The van der Waals surface area contributed by atoms with E-state index in [0.29, 0.717) is 9.92 Å². The monoisotopic (exact) mass is 1310 g/mol. The van der Waals surface area contributed by atoms with Crippen LogP contribution in [0.2, 0.25) is 25.1 Å². The van der Waals surface area contributed by atoms with Gasteiger partial charge < -0.3 is 31.9 Å². The third-order valence-electron chi connectivity index (χ3n) is 6.08. The number of benzene rings is 5. The molecule has 0 spiro atoms. The van der Waals surface area contributed by atoms with E-state index in [1.54, 1.807) is 30.3 Å². The molecular formula is C33H30Cl6Na2O23S8. The fourth-order valence-electron chi connectivity index (χ4n) is 3.55. The summed E-state index contributed by atoms with van der Waals surface area (Å²) in [7, 11) is -23.6. The molecule has 0 atom stereocenters. The molecule has 0 bridgehead atoms. The molecule has 0 aliphatic heterocycles. The van der Waals surface area contributed by atoms with E-state index < -0.39 is 79.8 Å². The van der Waals surface area contributed by atoms with Gasteiger partial charge in [0.25, 0.3) is 9.05 Å². The molecular weight excluding hydrogens is 1280 g/mol. The summed E-state index contributed by atoms with van der Waals surface area (Å²) in [6, 6.07) is 20.1. The number of phenolic OH excluding ortho intramolecular Hbond substituents is 2. The number of rotatable bonds is 9. The Labute approximate surface area is 493 Å². The van der Waals surface area contributed by atoms with Crippen molar-refractivity contribution in [1.82, 2.24) is 0 Å². The van der Waals surface area contributed by atoms with E-state index in [1.165, 1.54) is 12.1 Å². The minimum atomic E-state index is -4.67. The van der Waals surface area contributed by atoms with Crippen LogP contribution in [-0.2, 0) is 70.0 Å². The molecule has 5 aromatic rings. The molecule has 0 saturated heterocycles. The second-order valence-electron chi connectivity index (χ2n) is 12.0. The molecule has 0 radical (unpaired) electrons. The fraction of sp³-hybridized carbons (Fsp3) is 0.0909. The van der Waals surface area contributed by atoms with Crippen molar-refractivity contribution in [1.29, 1.82) is 0 Å². The Morgan fingerprint density at radius 2 is 0.736 bits per heavy atom. The maximum Gasteiger partial charge on any atom is 1.00 e. The molecule has 72 heavy (non-hydrogen) atoms. The third-order valence-corrected chi connectivity index (χ3v) is 12.3. The Morgan fingerprint density at radius 3 is 1.01 bits per heavy atom. The Bertz CT molecular complexity index is 3310. The van der Waals surface area contributed by atoms with Crippen LogP contribution in [0.5, 0.6) is 28.7 Å². The smallest absolute Gasteiger partial charge is 0.744 e. The number of hydrogen-bond donors (Lipinski definition) is 5. The molecule has 0 saturated carbocycles. The zero-order valence-electron chi connectivity index (χ0n) is 36.4. The van der Waals surface area contributed by atoms with Crippen LogP contribution in [0.4, 0.5) is 0 Å². The van der Waals surface area contributed by atoms with Gasteiger partial charge >= 0.3 is 99.9 Å². The molecule has 39 heteroatoms. The molecule has 0 unspecified atom stereocenters. The van der Waals surface area contributed by atoms with Crippen molar-refractivity contribution in [2.45, 2.75) is 19.6 Å². The van der Waals surface area contributed by atoms with Crippen LogP contribution in [0.15, 0.2) is 117 Å². The summed E-state index contributed by atoms with van der Waals surface area (Å²) in [5, 5.41) is 17.7. The number of halogens is 6. The van der Waals surface area contributed by atoms with Crippen LogP contribution < -0.4 is 71.7 Å². The van der Waals surface area contributed by atoms with Crippen molar-refractivity contribution in [2.75, 3.05) is 18.8 Å². The molecule has 4 N–H and O–H groups in total. The van der Waals surface area contributed by atoms with E-state index >= 15 is 0 Å². The van der Waals surface area contributed by atoms with Gasteiger partial charge in [-0.15, -0.1) is 12.6 Å². The molecule has 392 valence electrons. The molecule has 0 fully saturated rings. The van der Waals surface area contributed by atoms with Crippen molar-refractivity contribution < 1.29 is 159 Å². The van der Waals surface area contributed by atoms with Crippen LogP contribution in [0.3, 0.4) is 0 Å². The zero-order chi connectivity index (χ0) is 55.0. The van der Waals surface area contributed by atoms with E-state index in [2.05, 4.69) is 25.2 Å². The largest absolute Gasteiger partial charge is 1.00 e. The first-order valence-corrected chi connectivity index (χ1v) is 30.8. The van der Waals surface area contributed by atoms with Gasteiger partial charge in [-0.25, -0.2) is 25.3 Å². The normalized spacial score (nSPS) is 11.3. The minimum Gasteiger partial charge on any atom is -0.744 e. The van der Waals surface area contributed by atoms with Gasteiger partial charge in [-0.2, -0.15) is 33.7 Å². The van der Waals surface area contributed by atoms with Crippen LogP contribution in [-0.4, -0.2) is 106 Å². The molecule has 0 aliphatic carbocycles. The van der Waals surface area contributed by atoms with Gasteiger partial charge in [0.05, 0.1) is 58.6 Å². The summed E-state index contributed by atoms with van der Waals surface area (Å²) in [5.41, 5.74) is 0. The Balaban J connectivity index is -0.000000812. The maximum atomic E-state index is 10.9. The second-order valence-corrected chi connectivity index (χ2v) is 25.5. The van der Waals surface area contributed by atoms with E-state index in [1.807, 2.05) is 0 Å². The molecule has 0 aromatic heterocycles. The molecule has 0 aliphatic rings. The standard InChI is InChI=1S/C7H6Cl2O5S2.C7H7ClO6S2.C7H7ClO3S2.C6H5ClO4S.C6H5ClO.2Na.H2O4S/c1-15(10,11)14-7-3-2-5(4-6(7)8)16(9,12)13;1-15(9,10)14-7-3-2-5(4-6(7)8)16(11,12)13;1-13(9,10)11-7-3-2-5(12)4-6(7)8;7-5-3-4(12(9,10)11)1-2-6(5)8;7-5-3-1-2-4-6(5)8;;;1-5(2,3)4/h2-4H,1H3;2-4H,1H3,(H,11,12,13);2-4,12H,1H3;1-3,8H,(H,9,10,11);1-4,8H;;;(H2,1,2,3,4)/q;;;;;2*+1;/p-2. The van der Waals surface area contributed by atoms with Gasteiger partial charge in [0.15, 0.2) is 17.2 Å². The summed E-state index contributed by atoms with van der Waals surface area (Å²) >= 11 is 31.7. The first kappa shape index (κ1) is 74.9. The van der Waals surface area contributed by atoms with E-state index in [-0.39, 0.29) is 113 Å². The Morgan fingerprint density at radius 1 is 0.444 bits per heavy atom. The number of aromatic hydroxyl groups is 2. The molecule has 5 aromatic carbocycles. The van der Waals surface area contributed by atoms with Crippen molar-refractivity contribution in [2.24, 2.45) is 0 Å².